The lowest BCUT2D eigenvalue weighted by Crippen LogP contribution is -2.34. The maximum Gasteiger partial charge on any atom is 0.242 e. The monoisotopic (exact) mass is 423 g/mol. The zero-order valence-corrected chi connectivity index (χ0v) is 18.1. The summed E-state index contributed by atoms with van der Waals surface area (Å²) in [6.07, 6.45) is 0. The predicted molar refractivity (Wildman–Crippen MR) is 112 cm³/mol. The van der Waals surface area contributed by atoms with E-state index >= 15 is 0 Å². The van der Waals surface area contributed by atoms with Crippen LogP contribution in [0, 0.1) is 0 Å². The number of hydrogen-bond acceptors (Lipinski definition) is 5. The molecule has 2 rings (SSSR count). The smallest absolute Gasteiger partial charge is 0.242 e. The molecule has 0 aliphatic heterocycles. The van der Waals surface area contributed by atoms with Crippen LogP contribution < -0.4 is 5.32 Å². The molecule has 1 unspecified atom stereocenters. The summed E-state index contributed by atoms with van der Waals surface area (Å²) in [6.45, 7) is 0.680. The van der Waals surface area contributed by atoms with Gasteiger partial charge in [0.2, 0.25) is 10.0 Å². The molecule has 0 aromatic heterocycles. The minimum Gasteiger partial charge on any atom is -0.308 e. The normalized spacial score (nSPS) is 13.1. The number of hydrogen-bond donors (Lipinski definition) is 1. The minimum atomic E-state index is -3.57. The van der Waals surface area contributed by atoms with Gasteiger partial charge in [-0.05, 0) is 43.9 Å². The van der Waals surface area contributed by atoms with Gasteiger partial charge in [-0.25, -0.2) is 12.7 Å². The van der Waals surface area contributed by atoms with E-state index < -0.39 is 10.0 Å². The van der Waals surface area contributed by atoms with Gasteiger partial charge in [0, 0.05) is 37.3 Å². The Hall–Kier alpha value is -1.77. The van der Waals surface area contributed by atoms with Gasteiger partial charge in [0.15, 0.2) is 5.78 Å². The molecule has 0 saturated heterocycles. The second-order valence-corrected chi connectivity index (χ2v) is 9.49. The first-order valence-corrected chi connectivity index (χ1v) is 10.6. The summed E-state index contributed by atoms with van der Waals surface area (Å²) in [5, 5.41) is 3.85. The summed E-state index contributed by atoms with van der Waals surface area (Å²) in [6, 6.07) is 13.8. The van der Waals surface area contributed by atoms with E-state index in [4.69, 9.17) is 11.6 Å². The average Bonchev–Trinajstić information content (AvgIpc) is 2.65. The third-order valence-corrected chi connectivity index (χ3v) is 6.50. The number of halogens is 1. The molecule has 0 aliphatic carbocycles. The third-order valence-electron chi connectivity index (χ3n) is 4.44. The molecule has 28 heavy (non-hydrogen) atoms. The molecule has 8 heteroatoms. The maximum absolute atomic E-state index is 12.5. The first kappa shape index (κ1) is 22.5. The molecule has 0 saturated carbocycles. The Bertz CT molecular complexity index is 913. The molecule has 0 radical (unpaired) electrons. The van der Waals surface area contributed by atoms with E-state index in [9.17, 15) is 13.2 Å². The van der Waals surface area contributed by atoms with Crippen LogP contribution in [0.3, 0.4) is 0 Å². The van der Waals surface area contributed by atoms with Gasteiger partial charge in [0.05, 0.1) is 11.4 Å². The second kappa shape index (κ2) is 9.62. The van der Waals surface area contributed by atoms with E-state index in [0.29, 0.717) is 17.1 Å². The van der Waals surface area contributed by atoms with Crippen LogP contribution in [0.15, 0.2) is 53.4 Å². The topological polar surface area (TPSA) is 69.7 Å². The quantitative estimate of drug-likeness (QED) is 0.628. The highest BCUT2D eigenvalue weighted by Gasteiger charge is 2.19. The number of rotatable bonds is 9. The van der Waals surface area contributed by atoms with Crippen molar-refractivity contribution in [1.29, 1.82) is 0 Å². The lowest BCUT2D eigenvalue weighted by atomic mass is 10.1. The first-order valence-electron chi connectivity index (χ1n) is 8.81. The number of nitrogens with zero attached hydrogens (tertiary/aromatic N) is 2. The Morgan fingerprint density at radius 1 is 1.07 bits per heavy atom. The van der Waals surface area contributed by atoms with Crippen LogP contribution >= 0.6 is 11.6 Å². The molecule has 2 aromatic carbocycles. The number of likely N-dealkylation sites (N-methyl/N-ethyl adjacent to an activating group) is 1. The van der Waals surface area contributed by atoms with Gasteiger partial charge >= 0.3 is 0 Å². The molecule has 0 aliphatic rings. The van der Waals surface area contributed by atoms with Crippen molar-refractivity contribution in [2.45, 2.75) is 10.9 Å². The van der Waals surface area contributed by atoms with Crippen LogP contribution in [0.2, 0.25) is 5.02 Å². The Kier molecular flexibility index (Phi) is 7.74. The Morgan fingerprint density at radius 2 is 1.71 bits per heavy atom. The third kappa shape index (κ3) is 5.62. The fourth-order valence-electron chi connectivity index (χ4n) is 2.75. The lowest BCUT2D eigenvalue weighted by molar-refractivity contribution is 0.0988. The van der Waals surface area contributed by atoms with Crippen LogP contribution in [0.25, 0.3) is 0 Å². The largest absolute Gasteiger partial charge is 0.308 e. The van der Waals surface area contributed by atoms with Crippen molar-refractivity contribution >= 4 is 27.4 Å². The first-order chi connectivity index (χ1) is 13.1. The lowest BCUT2D eigenvalue weighted by Gasteiger charge is -2.25. The van der Waals surface area contributed by atoms with Crippen molar-refractivity contribution in [2.24, 2.45) is 0 Å². The molecular formula is C20H26ClN3O3S. The fraction of sp³-hybridized carbons (Fsp3) is 0.350. The van der Waals surface area contributed by atoms with Gasteiger partial charge < -0.3 is 10.2 Å². The van der Waals surface area contributed by atoms with Gasteiger partial charge in [-0.15, -0.1) is 0 Å². The molecule has 2 aromatic rings. The van der Waals surface area contributed by atoms with Crippen molar-refractivity contribution in [1.82, 2.24) is 14.5 Å². The summed E-state index contributed by atoms with van der Waals surface area (Å²) >= 11 is 5.95. The average molecular weight is 424 g/mol. The number of sulfonamides is 1. The molecule has 0 heterocycles. The summed E-state index contributed by atoms with van der Waals surface area (Å²) in [5.74, 6) is -0.163. The highest BCUT2D eigenvalue weighted by molar-refractivity contribution is 7.89. The van der Waals surface area contributed by atoms with Crippen molar-refractivity contribution < 1.29 is 13.2 Å². The molecule has 1 atom stereocenters. The van der Waals surface area contributed by atoms with Crippen LogP contribution in [0.5, 0.6) is 0 Å². The Balaban J connectivity index is 2.04. The van der Waals surface area contributed by atoms with E-state index in [-0.39, 0.29) is 23.3 Å². The summed E-state index contributed by atoms with van der Waals surface area (Å²) in [7, 11) is 3.29. The van der Waals surface area contributed by atoms with Crippen molar-refractivity contribution in [3.05, 3.63) is 64.7 Å². The summed E-state index contributed by atoms with van der Waals surface area (Å²) in [5.41, 5.74) is 1.46. The summed E-state index contributed by atoms with van der Waals surface area (Å²) < 4.78 is 25.6. The number of Topliss-reactive ketones (excluding diaryl/α,β-unsaturated/α-hetero) is 1. The molecule has 0 fully saturated rings. The van der Waals surface area contributed by atoms with E-state index in [1.54, 1.807) is 12.1 Å². The zero-order chi connectivity index (χ0) is 20.9. The number of carbonyl (C=O) groups excluding carboxylic acids is 1. The molecule has 152 valence electrons. The van der Waals surface area contributed by atoms with Gasteiger partial charge in [0.1, 0.15) is 0 Å². The Labute approximate surface area is 172 Å². The van der Waals surface area contributed by atoms with Gasteiger partial charge in [-0.2, -0.15) is 0 Å². The van der Waals surface area contributed by atoms with E-state index in [2.05, 4.69) is 10.2 Å². The van der Waals surface area contributed by atoms with Crippen LogP contribution in [-0.4, -0.2) is 64.7 Å². The second-order valence-electron chi connectivity index (χ2n) is 6.90. The van der Waals surface area contributed by atoms with Gasteiger partial charge in [-0.1, -0.05) is 35.9 Å². The number of ketones is 1. The van der Waals surface area contributed by atoms with Crippen molar-refractivity contribution in [3.63, 3.8) is 0 Å². The van der Waals surface area contributed by atoms with Crippen LogP contribution in [-0.2, 0) is 10.0 Å². The Morgan fingerprint density at radius 3 is 2.29 bits per heavy atom. The molecule has 0 spiro atoms. The fourth-order valence-corrected chi connectivity index (χ4v) is 3.82. The number of nitrogens with one attached hydrogen (secondary N) is 1. The summed E-state index contributed by atoms with van der Waals surface area (Å²) in [4.78, 5) is 14.7. The van der Waals surface area contributed by atoms with E-state index in [0.717, 1.165) is 9.87 Å². The molecule has 0 amide bonds. The molecule has 6 nitrogen and oxygen atoms in total. The van der Waals surface area contributed by atoms with Crippen molar-refractivity contribution in [2.75, 3.05) is 41.3 Å². The number of benzene rings is 2. The van der Waals surface area contributed by atoms with Gasteiger partial charge in [0.25, 0.3) is 0 Å². The predicted octanol–water partition coefficient (Wildman–Crippen LogP) is 2.67. The number of carbonyl (C=O) groups is 1. The van der Waals surface area contributed by atoms with E-state index in [1.165, 1.54) is 26.2 Å². The van der Waals surface area contributed by atoms with E-state index in [1.807, 2.05) is 38.4 Å². The minimum absolute atomic E-state index is 0.0746. The van der Waals surface area contributed by atoms with Gasteiger partial charge in [-0.3, -0.25) is 4.79 Å². The highest BCUT2D eigenvalue weighted by Crippen LogP contribution is 2.20. The molecular weight excluding hydrogens is 398 g/mol. The van der Waals surface area contributed by atoms with Crippen molar-refractivity contribution in [3.8, 4) is 0 Å². The molecule has 1 N–H and O–H groups in total. The maximum atomic E-state index is 12.5. The van der Waals surface area contributed by atoms with Crippen LogP contribution in [0.1, 0.15) is 22.0 Å². The van der Waals surface area contributed by atoms with Crippen LogP contribution in [0.4, 0.5) is 0 Å². The zero-order valence-electron chi connectivity index (χ0n) is 16.5. The molecule has 0 bridgehead atoms. The SMILES string of the molecule is CN(C)C(CNCC(=O)c1cccc(S(=O)(=O)N(C)C)c1)c1ccc(Cl)cc1. The standard InChI is InChI=1S/C20H26ClN3O3S/c1-23(2)19(15-8-10-17(21)11-9-15)13-22-14-20(25)16-6-5-7-18(12-16)28(26,27)24(3)4/h5-12,19,22H,13-14H2,1-4H3. The highest BCUT2D eigenvalue weighted by atomic mass is 35.5.